The molecule has 162 valence electrons. The molecule has 7 nitrogen and oxygen atoms in total. The zero-order chi connectivity index (χ0) is 21.9. The molecule has 0 saturated carbocycles. The highest BCUT2D eigenvalue weighted by Gasteiger charge is 2.29. The summed E-state index contributed by atoms with van der Waals surface area (Å²) in [4.78, 5) is 31.3. The minimum Gasteiger partial charge on any atom is -0.495 e. The maximum absolute atomic E-state index is 12.7. The Kier molecular flexibility index (Phi) is 6.65. The number of anilines is 1. The second kappa shape index (κ2) is 9.04. The fourth-order valence-electron chi connectivity index (χ4n) is 3.36. The number of aryl methyl sites for hydroxylation is 1. The van der Waals surface area contributed by atoms with Gasteiger partial charge in [0, 0.05) is 24.4 Å². The molecule has 1 fully saturated rings. The van der Waals surface area contributed by atoms with E-state index >= 15 is 0 Å². The highest BCUT2D eigenvalue weighted by molar-refractivity contribution is 7.10. The lowest BCUT2D eigenvalue weighted by atomic mass is 9.98. The van der Waals surface area contributed by atoms with Crippen molar-refractivity contribution in [1.29, 1.82) is 0 Å². The summed E-state index contributed by atoms with van der Waals surface area (Å²) >= 11 is 1.49. The number of rotatable bonds is 4. The summed E-state index contributed by atoms with van der Waals surface area (Å²) in [5.41, 5.74) is 1.48. The number of methoxy groups -OCH3 is 1. The number of amides is 2. The molecular weight excluding hydrogens is 402 g/mol. The lowest BCUT2D eigenvalue weighted by Gasteiger charge is -2.32. The van der Waals surface area contributed by atoms with E-state index in [1.54, 1.807) is 17.4 Å². The molecule has 0 aliphatic carbocycles. The van der Waals surface area contributed by atoms with Gasteiger partial charge >= 0.3 is 6.09 Å². The standard InChI is InChI=1S/C22H29N3O4S/c1-14-7-6-8-17(28-5)18(14)24-19(26)16-13-30-20(23-16)15-9-11-25(12-10-15)21(27)29-22(2,3)4/h6-8,13,15H,9-12H2,1-5H3,(H,24,26). The number of hydrogen-bond acceptors (Lipinski definition) is 6. The minimum atomic E-state index is -0.495. The smallest absolute Gasteiger partial charge is 0.410 e. The summed E-state index contributed by atoms with van der Waals surface area (Å²) in [6, 6.07) is 5.62. The number of para-hydroxylation sites is 1. The number of carbonyl (C=O) groups is 2. The van der Waals surface area contributed by atoms with Crippen molar-refractivity contribution in [1.82, 2.24) is 9.88 Å². The minimum absolute atomic E-state index is 0.239. The maximum atomic E-state index is 12.7. The molecule has 30 heavy (non-hydrogen) atoms. The highest BCUT2D eigenvalue weighted by atomic mass is 32.1. The predicted octanol–water partition coefficient (Wildman–Crippen LogP) is 4.83. The first kappa shape index (κ1) is 22.1. The number of benzene rings is 1. The summed E-state index contributed by atoms with van der Waals surface area (Å²) in [6.07, 6.45) is 1.34. The van der Waals surface area contributed by atoms with Crippen molar-refractivity contribution in [3.63, 3.8) is 0 Å². The first-order valence-corrected chi connectivity index (χ1v) is 10.9. The van der Waals surface area contributed by atoms with Crippen molar-refractivity contribution in [3.8, 4) is 5.75 Å². The van der Waals surface area contributed by atoms with Gasteiger partial charge in [0.25, 0.3) is 5.91 Å². The molecule has 2 amide bonds. The topological polar surface area (TPSA) is 80.8 Å². The van der Waals surface area contributed by atoms with Crippen molar-refractivity contribution in [2.24, 2.45) is 0 Å². The summed E-state index contributed by atoms with van der Waals surface area (Å²) in [5, 5.41) is 5.64. The van der Waals surface area contributed by atoms with E-state index in [1.807, 2.05) is 45.9 Å². The van der Waals surface area contributed by atoms with Crippen LogP contribution in [-0.2, 0) is 4.74 Å². The number of piperidine rings is 1. The lowest BCUT2D eigenvalue weighted by Crippen LogP contribution is -2.41. The molecular formula is C22H29N3O4S. The number of nitrogens with zero attached hydrogens (tertiary/aromatic N) is 2. The quantitative estimate of drug-likeness (QED) is 0.750. The van der Waals surface area contributed by atoms with Crippen molar-refractivity contribution < 1.29 is 19.1 Å². The second-order valence-corrected chi connectivity index (χ2v) is 9.31. The van der Waals surface area contributed by atoms with Crippen molar-refractivity contribution in [3.05, 3.63) is 39.8 Å². The molecule has 1 aromatic heterocycles. The van der Waals surface area contributed by atoms with Crippen LogP contribution in [0.5, 0.6) is 5.75 Å². The van der Waals surface area contributed by atoms with Crippen LogP contribution in [0.3, 0.4) is 0 Å². The Morgan fingerprint density at radius 2 is 1.93 bits per heavy atom. The van der Waals surface area contributed by atoms with Crippen LogP contribution in [-0.4, -0.2) is 47.7 Å². The number of hydrogen-bond donors (Lipinski definition) is 1. The van der Waals surface area contributed by atoms with Crippen LogP contribution in [0.4, 0.5) is 10.5 Å². The molecule has 0 atom stereocenters. The van der Waals surface area contributed by atoms with Gasteiger partial charge in [0.05, 0.1) is 17.8 Å². The molecule has 2 aromatic rings. The van der Waals surface area contributed by atoms with Crippen LogP contribution in [0.25, 0.3) is 0 Å². The van der Waals surface area contributed by atoms with Gasteiger partial charge in [-0.3, -0.25) is 4.79 Å². The van der Waals surface area contributed by atoms with Crippen molar-refractivity contribution in [2.45, 2.75) is 52.1 Å². The normalized spacial score (nSPS) is 15.0. The molecule has 1 N–H and O–H groups in total. The zero-order valence-electron chi connectivity index (χ0n) is 18.2. The summed E-state index contributed by atoms with van der Waals surface area (Å²) in [5.74, 6) is 0.604. The Bertz CT molecular complexity index is 911. The number of carbonyl (C=O) groups excluding carboxylic acids is 2. The number of aromatic nitrogens is 1. The average molecular weight is 432 g/mol. The molecule has 8 heteroatoms. The van der Waals surface area contributed by atoms with Gasteiger partial charge in [0.15, 0.2) is 0 Å². The van der Waals surface area contributed by atoms with Crippen LogP contribution in [0, 0.1) is 6.92 Å². The van der Waals surface area contributed by atoms with Crippen LogP contribution >= 0.6 is 11.3 Å². The van der Waals surface area contributed by atoms with Gasteiger partial charge < -0.3 is 19.7 Å². The van der Waals surface area contributed by atoms with Crippen LogP contribution in [0.2, 0.25) is 0 Å². The Balaban J connectivity index is 1.61. The zero-order valence-corrected chi connectivity index (χ0v) is 19.0. The summed E-state index contributed by atoms with van der Waals surface area (Å²) in [7, 11) is 1.58. The van der Waals surface area contributed by atoms with Gasteiger partial charge in [0.1, 0.15) is 17.0 Å². The van der Waals surface area contributed by atoms with E-state index in [9.17, 15) is 9.59 Å². The first-order valence-electron chi connectivity index (χ1n) is 10.1. The number of nitrogens with one attached hydrogen (secondary N) is 1. The van der Waals surface area contributed by atoms with Gasteiger partial charge in [0.2, 0.25) is 0 Å². The van der Waals surface area contributed by atoms with E-state index in [-0.39, 0.29) is 17.9 Å². The molecule has 0 unspecified atom stereocenters. The molecule has 1 aromatic carbocycles. The third kappa shape index (κ3) is 5.30. The second-order valence-electron chi connectivity index (χ2n) is 8.42. The fraction of sp³-hybridized carbons (Fsp3) is 0.500. The first-order chi connectivity index (χ1) is 14.2. The fourth-order valence-corrected chi connectivity index (χ4v) is 4.33. The number of ether oxygens (including phenoxy) is 2. The molecule has 1 aliphatic heterocycles. The van der Waals surface area contributed by atoms with Gasteiger partial charge in [-0.25, -0.2) is 9.78 Å². The summed E-state index contributed by atoms with van der Waals surface area (Å²) < 4.78 is 10.8. The third-order valence-corrected chi connectivity index (χ3v) is 5.95. The Morgan fingerprint density at radius 1 is 1.23 bits per heavy atom. The predicted molar refractivity (Wildman–Crippen MR) is 118 cm³/mol. The van der Waals surface area contributed by atoms with Crippen molar-refractivity contribution >= 4 is 29.0 Å². The largest absolute Gasteiger partial charge is 0.495 e. The van der Waals surface area contributed by atoms with Crippen LogP contribution in [0.1, 0.15) is 60.6 Å². The van der Waals surface area contributed by atoms with E-state index in [0.717, 1.165) is 23.4 Å². The highest BCUT2D eigenvalue weighted by Crippen LogP contribution is 2.32. The molecule has 1 saturated heterocycles. The average Bonchev–Trinajstić information content (AvgIpc) is 3.18. The number of thiazole rings is 1. The van der Waals surface area contributed by atoms with Gasteiger partial charge in [-0.15, -0.1) is 11.3 Å². The van der Waals surface area contributed by atoms with E-state index in [0.29, 0.717) is 30.2 Å². The molecule has 0 radical (unpaired) electrons. The maximum Gasteiger partial charge on any atom is 0.410 e. The van der Waals surface area contributed by atoms with Gasteiger partial charge in [-0.05, 0) is 52.2 Å². The molecule has 1 aliphatic rings. The van der Waals surface area contributed by atoms with Crippen molar-refractivity contribution in [2.75, 3.05) is 25.5 Å². The molecule has 2 heterocycles. The molecule has 3 rings (SSSR count). The van der Waals surface area contributed by atoms with E-state index < -0.39 is 5.60 Å². The third-order valence-electron chi connectivity index (χ3n) is 4.94. The van der Waals surface area contributed by atoms with Gasteiger partial charge in [-0.2, -0.15) is 0 Å². The monoisotopic (exact) mass is 431 g/mol. The van der Waals surface area contributed by atoms with E-state index in [1.165, 1.54) is 11.3 Å². The lowest BCUT2D eigenvalue weighted by molar-refractivity contribution is 0.0204. The summed E-state index contributed by atoms with van der Waals surface area (Å²) in [6.45, 7) is 8.77. The molecule has 0 spiro atoms. The van der Waals surface area contributed by atoms with Crippen LogP contribution in [0.15, 0.2) is 23.6 Å². The van der Waals surface area contributed by atoms with E-state index in [4.69, 9.17) is 9.47 Å². The SMILES string of the molecule is COc1cccc(C)c1NC(=O)c1csc(C2CCN(C(=O)OC(C)(C)C)CC2)n1. The van der Waals surface area contributed by atoms with E-state index in [2.05, 4.69) is 10.3 Å². The Hall–Kier alpha value is -2.61. The number of likely N-dealkylation sites (tertiary alicyclic amines) is 1. The molecule has 0 bridgehead atoms. The Labute approximate surface area is 181 Å². The van der Waals surface area contributed by atoms with Gasteiger partial charge in [-0.1, -0.05) is 12.1 Å². The Morgan fingerprint density at radius 3 is 2.57 bits per heavy atom. The van der Waals surface area contributed by atoms with Crippen LogP contribution < -0.4 is 10.1 Å².